The largest absolute Gasteiger partial charge is 0.477 e. The molecule has 64 heavy (non-hydrogen) atoms. The number of carboxylic acids is 1. The average Bonchev–Trinajstić information content (AvgIpc) is 3.77. The van der Waals surface area contributed by atoms with Gasteiger partial charge in [-0.3, -0.25) is 24.4 Å². The molecule has 0 saturated heterocycles. The molecule has 22 heteroatoms. The lowest BCUT2D eigenvalue weighted by molar-refractivity contribution is -0.129. The fourth-order valence-electron chi connectivity index (χ4n) is 6.75. The summed E-state index contributed by atoms with van der Waals surface area (Å²) in [5.41, 5.74) is 3.90. The van der Waals surface area contributed by atoms with Crippen molar-refractivity contribution < 1.29 is 40.9 Å². The van der Waals surface area contributed by atoms with E-state index in [1.807, 2.05) is 0 Å². The van der Waals surface area contributed by atoms with Crippen molar-refractivity contribution >= 4 is 72.5 Å². The lowest BCUT2D eigenvalue weighted by Crippen LogP contribution is -2.36. The molecule has 6 rings (SSSR count). The number of rotatable bonds is 18. The number of amides is 2. The van der Waals surface area contributed by atoms with Gasteiger partial charge in [-0.25, -0.2) is 14.8 Å². The molecule has 0 radical (unpaired) electrons. The number of H-pyrrole nitrogens is 1. The van der Waals surface area contributed by atoms with Gasteiger partial charge in [0, 0.05) is 55.4 Å². The maximum Gasteiger partial charge on any atom is 0.353 e. The van der Waals surface area contributed by atoms with Gasteiger partial charge in [0.2, 0.25) is 5.43 Å². The first-order chi connectivity index (χ1) is 30.4. The third kappa shape index (κ3) is 11.3. The summed E-state index contributed by atoms with van der Waals surface area (Å²) in [6, 6.07) is 17.0. The van der Waals surface area contributed by atoms with Crippen molar-refractivity contribution in [1.29, 1.82) is 0 Å². The van der Waals surface area contributed by atoms with Crippen molar-refractivity contribution in [2.75, 3.05) is 23.8 Å². The Bertz CT molecular complexity index is 3070. The van der Waals surface area contributed by atoms with Gasteiger partial charge in [-0.2, -0.15) is 26.3 Å². The number of aromatic nitrogens is 4. The molecule has 0 bridgehead atoms. The number of nitrogens with one attached hydrogen (secondary N) is 5. The number of aromatic amines is 1. The number of anilines is 2. The molecule has 0 fully saturated rings. The van der Waals surface area contributed by atoms with Crippen LogP contribution in [0.3, 0.4) is 0 Å². The highest BCUT2D eigenvalue weighted by Crippen LogP contribution is 2.24. The van der Waals surface area contributed by atoms with Crippen molar-refractivity contribution in [3.05, 3.63) is 141 Å². The first kappa shape index (κ1) is 46.0. The van der Waals surface area contributed by atoms with Crippen LogP contribution in [-0.4, -0.2) is 88.8 Å². The zero-order valence-corrected chi connectivity index (χ0v) is 36.1. The number of nitrogens with zero attached hydrogens (tertiary/aromatic N) is 5. The first-order valence-corrected chi connectivity index (χ1v) is 22.2. The number of hydrazone groups is 1. The summed E-state index contributed by atoms with van der Waals surface area (Å²) >= 11 is 0. The minimum absolute atomic E-state index is 0.139. The van der Waals surface area contributed by atoms with Gasteiger partial charge in [0.1, 0.15) is 16.3 Å². The average molecular weight is 911 g/mol. The molecule has 0 aliphatic rings. The quantitative estimate of drug-likeness (QED) is 0.0279. The molecule has 3 aromatic carbocycles. The number of hydrogen-bond donors (Lipinski definition) is 7. The van der Waals surface area contributed by atoms with Crippen molar-refractivity contribution in [3.63, 3.8) is 0 Å². The van der Waals surface area contributed by atoms with Crippen LogP contribution in [0.25, 0.3) is 10.9 Å². The van der Waals surface area contributed by atoms with Crippen LogP contribution >= 0.6 is 0 Å². The van der Waals surface area contributed by atoms with Crippen LogP contribution in [-0.2, 0) is 38.0 Å². The van der Waals surface area contributed by atoms with Gasteiger partial charge < -0.3 is 30.6 Å². The normalized spacial score (nSPS) is 12.0. The van der Waals surface area contributed by atoms with E-state index in [0.29, 0.717) is 35.6 Å². The third-order valence-corrected chi connectivity index (χ3v) is 12.1. The fourth-order valence-corrected chi connectivity index (χ4v) is 8.87. The molecule has 0 atom stereocenters. The number of hydrogen-bond acceptors (Lipinski definition) is 13. The van der Waals surface area contributed by atoms with E-state index < -0.39 is 55.6 Å². The van der Waals surface area contributed by atoms with Crippen molar-refractivity contribution in [2.45, 2.75) is 50.1 Å². The van der Waals surface area contributed by atoms with Crippen LogP contribution in [0.15, 0.2) is 116 Å². The Balaban J connectivity index is 1.16. The summed E-state index contributed by atoms with van der Waals surface area (Å²) in [5.74, 6) is -2.34. The number of carbonyl (C=O) groups excluding carboxylic acids is 2. The molecule has 0 saturated carbocycles. The van der Waals surface area contributed by atoms with Gasteiger partial charge in [0.05, 0.1) is 28.7 Å². The summed E-state index contributed by atoms with van der Waals surface area (Å²) in [6.07, 6.45) is 7.37. The predicted octanol–water partition coefficient (Wildman–Crippen LogP) is 3.81. The number of carbonyl (C=O) groups is 3. The number of sulfonamides is 1. The summed E-state index contributed by atoms with van der Waals surface area (Å²) in [4.78, 5) is 63.4. The monoisotopic (exact) mass is 910 g/mol. The summed E-state index contributed by atoms with van der Waals surface area (Å²) in [7, 11) is -8.97. The van der Waals surface area contributed by atoms with Gasteiger partial charge in [-0.1, -0.05) is 42.0 Å². The van der Waals surface area contributed by atoms with Crippen LogP contribution in [0.1, 0.15) is 55.0 Å². The number of aryl methyl sites for hydroxylation is 4. The zero-order valence-electron chi connectivity index (χ0n) is 34.5. The van der Waals surface area contributed by atoms with Crippen molar-refractivity contribution in [2.24, 2.45) is 9.50 Å². The molecule has 0 aliphatic carbocycles. The van der Waals surface area contributed by atoms with Crippen molar-refractivity contribution in [1.82, 2.24) is 30.2 Å². The Labute approximate surface area is 366 Å². The molecule has 332 valence electrons. The number of fused-ring (bicyclic) bond motifs is 1. The maximum atomic E-state index is 13.8. The van der Waals surface area contributed by atoms with Crippen molar-refractivity contribution in [3.8, 4) is 0 Å². The summed E-state index contributed by atoms with van der Waals surface area (Å²) in [6.45, 7) is 4.78. The molecule has 3 aromatic heterocycles. The topological polar surface area (TPSA) is 296 Å². The number of benzene rings is 3. The molecular weight excluding hydrogens is 869 g/mol. The van der Waals surface area contributed by atoms with E-state index in [9.17, 15) is 45.7 Å². The Morgan fingerprint density at radius 1 is 0.922 bits per heavy atom. The number of aliphatic carboxylic acids is 1. The number of pyridine rings is 2. The number of carboxylic acid groups (broad SMARTS) is 1. The van der Waals surface area contributed by atoms with Gasteiger partial charge in [-0.05, 0) is 74.2 Å². The molecule has 6 aromatic rings. The minimum atomic E-state index is -4.50. The van der Waals surface area contributed by atoms with E-state index in [2.05, 4.69) is 45.8 Å². The predicted molar refractivity (Wildman–Crippen MR) is 238 cm³/mol. The molecule has 7 N–H and O–H groups in total. The lowest BCUT2D eigenvalue weighted by Gasteiger charge is -2.15. The van der Waals surface area contributed by atoms with Crippen LogP contribution in [0, 0.1) is 20.8 Å². The van der Waals surface area contributed by atoms with E-state index in [4.69, 9.17) is 0 Å². The standard InChI is InChI=1S/C42H42N10O10S2/c1-25-17-26(2)38(27(3)18-25)63(58,59)51-33(41(56)57)23-47-40(55)32-24-52(34-19-28(9-11-31(34)37(32)53)20-48-42-44-14-15-45-42)16-6-13-43-39(54)30-10-12-36(46-21-30)50-49-22-29-7-4-5-8-35(29)64(60,61)62/h4-5,7-12,14-15,17-19,21-22,24H,6,13,16,20,23H2,1-3H3,(H,43,54)(H,46,50)(H,47,55)(H,56,57)(H2,44,45,48)(H,60,61,62)/b49-22+,51-33-. The minimum Gasteiger partial charge on any atom is -0.477 e. The van der Waals surface area contributed by atoms with E-state index in [1.54, 1.807) is 74.1 Å². The third-order valence-electron chi connectivity index (χ3n) is 9.57. The molecule has 0 aliphatic heterocycles. The Morgan fingerprint density at radius 3 is 2.34 bits per heavy atom. The molecule has 0 spiro atoms. The first-order valence-electron chi connectivity index (χ1n) is 19.3. The van der Waals surface area contributed by atoms with E-state index in [-0.39, 0.29) is 50.8 Å². The van der Waals surface area contributed by atoms with Crippen LogP contribution < -0.4 is 26.8 Å². The second kappa shape index (κ2) is 19.7. The molecule has 20 nitrogen and oxygen atoms in total. The number of imidazole rings is 1. The molecular formula is C42H42N10O10S2. The van der Waals surface area contributed by atoms with Gasteiger partial charge in [0.25, 0.3) is 32.0 Å². The summed E-state index contributed by atoms with van der Waals surface area (Å²) < 4.78 is 64.5. The van der Waals surface area contributed by atoms with Crippen LogP contribution in [0.4, 0.5) is 11.8 Å². The van der Waals surface area contributed by atoms with E-state index in [0.717, 1.165) is 11.1 Å². The smallest absolute Gasteiger partial charge is 0.353 e. The second-order valence-electron chi connectivity index (χ2n) is 14.4. The summed E-state index contributed by atoms with van der Waals surface area (Å²) in [5, 5.41) is 22.3. The van der Waals surface area contributed by atoms with E-state index in [1.165, 1.54) is 48.9 Å². The van der Waals surface area contributed by atoms with E-state index >= 15 is 0 Å². The highest BCUT2D eigenvalue weighted by molar-refractivity contribution is 7.90. The Kier molecular flexibility index (Phi) is 14.1. The lowest BCUT2D eigenvalue weighted by atomic mass is 10.1. The van der Waals surface area contributed by atoms with Gasteiger partial charge in [-0.15, -0.1) is 0 Å². The second-order valence-corrected chi connectivity index (χ2v) is 17.3. The Morgan fingerprint density at radius 2 is 1.67 bits per heavy atom. The zero-order chi connectivity index (χ0) is 46.2. The maximum absolute atomic E-state index is 13.8. The molecule has 3 heterocycles. The SMILES string of the molecule is Cc1cc(C)c(S(=O)(=O)/N=C(/CNC(=O)c2cn(CCCNC(=O)c3ccc(N/N=C/c4ccccc4S(=O)(=O)O)nc3)c3cc(CNc4ncc[nH]4)ccc3c2=O)C(=O)O)c(C)c1. The highest BCUT2D eigenvalue weighted by Gasteiger charge is 2.24. The van der Waals surface area contributed by atoms with Gasteiger partial charge >= 0.3 is 5.97 Å². The van der Waals surface area contributed by atoms with Crippen LogP contribution in [0.2, 0.25) is 0 Å². The fraction of sp³-hybridized carbons (Fsp3) is 0.190. The molecule has 2 amide bonds. The molecule has 0 unspecified atom stereocenters. The van der Waals surface area contributed by atoms with Gasteiger partial charge in [0.15, 0.2) is 11.7 Å². The highest BCUT2D eigenvalue weighted by atomic mass is 32.2. The Hall–Kier alpha value is -7.56. The van der Waals surface area contributed by atoms with Crippen LogP contribution in [0.5, 0.6) is 0 Å².